The fourth-order valence-electron chi connectivity index (χ4n) is 2.15. The first-order chi connectivity index (χ1) is 9.71. The van der Waals surface area contributed by atoms with E-state index in [1.165, 1.54) is 31.2 Å². The van der Waals surface area contributed by atoms with Gasteiger partial charge in [0, 0.05) is 6.54 Å². The van der Waals surface area contributed by atoms with E-state index in [1.54, 1.807) is 0 Å². The van der Waals surface area contributed by atoms with Gasteiger partial charge in [-0.3, -0.25) is 0 Å². The van der Waals surface area contributed by atoms with E-state index in [2.05, 4.69) is 60.2 Å². The highest BCUT2D eigenvalue weighted by Gasteiger charge is 2.09. The molecule has 1 N–H and O–H groups in total. The van der Waals surface area contributed by atoms with Crippen LogP contribution in [0.2, 0.25) is 0 Å². The molecule has 0 spiro atoms. The predicted molar refractivity (Wildman–Crippen MR) is 90.3 cm³/mol. The molecule has 0 saturated carbocycles. The summed E-state index contributed by atoms with van der Waals surface area (Å²) in [4.78, 5) is 0. The molecule has 20 heavy (non-hydrogen) atoms. The van der Waals surface area contributed by atoms with Crippen LogP contribution in [-0.2, 0) is 6.54 Å². The molecule has 0 heterocycles. The van der Waals surface area contributed by atoms with Crippen LogP contribution in [0.4, 0.5) is 0 Å². The van der Waals surface area contributed by atoms with Gasteiger partial charge in [-0.25, -0.2) is 0 Å². The Morgan fingerprint density at radius 2 is 2.05 bits per heavy atom. The third-order valence-electron chi connectivity index (χ3n) is 3.59. The van der Waals surface area contributed by atoms with E-state index in [0.717, 1.165) is 29.9 Å². The average molecular weight is 342 g/mol. The summed E-state index contributed by atoms with van der Waals surface area (Å²) in [5.74, 6) is 1.63. The van der Waals surface area contributed by atoms with E-state index in [-0.39, 0.29) is 0 Å². The number of ether oxygens (including phenoxy) is 1. The van der Waals surface area contributed by atoms with Gasteiger partial charge in [-0.05, 0) is 52.5 Å². The largest absolute Gasteiger partial charge is 0.492 e. The third-order valence-corrected chi connectivity index (χ3v) is 4.21. The lowest BCUT2D eigenvalue weighted by Crippen LogP contribution is -2.13. The summed E-state index contributed by atoms with van der Waals surface area (Å²) in [5, 5.41) is 3.33. The van der Waals surface area contributed by atoms with Gasteiger partial charge in [0.25, 0.3) is 0 Å². The van der Waals surface area contributed by atoms with Crippen LogP contribution < -0.4 is 10.1 Å². The highest BCUT2D eigenvalue weighted by molar-refractivity contribution is 9.10. The Bertz CT molecular complexity index is 381. The first-order valence-electron chi connectivity index (χ1n) is 7.83. The van der Waals surface area contributed by atoms with Gasteiger partial charge in [0.05, 0.1) is 11.1 Å². The Hall–Kier alpha value is -0.540. The van der Waals surface area contributed by atoms with Crippen LogP contribution in [0, 0.1) is 5.92 Å². The Morgan fingerprint density at radius 1 is 1.25 bits per heavy atom. The van der Waals surface area contributed by atoms with Crippen molar-refractivity contribution in [3.8, 4) is 5.75 Å². The Kier molecular flexibility index (Phi) is 8.95. The molecular formula is C17H28BrNO. The summed E-state index contributed by atoms with van der Waals surface area (Å²) in [7, 11) is 0. The van der Waals surface area contributed by atoms with Crippen LogP contribution in [0.3, 0.4) is 0 Å². The van der Waals surface area contributed by atoms with Gasteiger partial charge < -0.3 is 10.1 Å². The van der Waals surface area contributed by atoms with E-state index >= 15 is 0 Å². The van der Waals surface area contributed by atoms with E-state index in [0.29, 0.717) is 5.92 Å². The number of unbranched alkanes of at least 4 members (excludes halogenated alkanes) is 1. The van der Waals surface area contributed by atoms with Crippen molar-refractivity contribution in [3.63, 3.8) is 0 Å². The quantitative estimate of drug-likeness (QED) is 0.635. The van der Waals surface area contributed by atoms with Gasteiger partial charge in [0.15, 0.2) is 0 Å². The lowest BCUT2D eigenvalue weighted by Gasteiger charge is -2.16. The standard InChI is InChI=1S/C17H28BrNO/c1-4-7-8-14(5-2)13-20-17-10-9-15(11-16(17)18)12-19-6-3/h9-11,14,19H,4-8,12-13H2,1-3H3. The molecule has 1 unspecified atom stereocenters. The van der Waals surface area contributed by atoms with Crippen LogP contribution in [-0.4, -0.2) is 13.2 Å². The Balaban J connectivity index is 2.50. The fraction of sp³-hybridized carbons (Fsp3) is 0.647. The van der Waals surface area contributed by atoms with E-state index in [1.807, 2.05) is 0 Å². The average Bonchev–Trinajstić information content (AvgIpc) is 2.46. The number of halogens is 1. The molecule has 3 heteroatoms. The van der Waals surface area contributed by atoms with Gasteiger partial charge in [-0.2, -0.15) is 0 Å². The van der Waals surface area contributed by atoms with Crippen molar-refractivity contribution in [3.05, 3.63) is 28.2 Å². The van der Waals surface area contributed by atoms with Crippen molar-refractivity contribution in [1.29, 1.82) is 0 Å². The zero-order chi connectivity index (χ0) is 14.8. The van der Waals surface area contributed by atoms with Crippen molar-refractivity contribution in [2.45, 2.75) is 53.0 Å². The second-order valence-electron chi connectivity index (χ2n) is 5.27. The Labute approximate surface area is 132 Å². The molecule has 2 nitrogen and oxygen atoms in total. The first-order valence-corrected chi connectivity index (χ1v) is 8.62. The maximum Gasteiger partial charge on any atom is 0.133 e. The van der Waals surface area contributed by atoms with Gasteiger partial charge in [0.2, 0.25) is 0 Å². The number of hydrogen-bond donors (Lipinski definition) is 1. The van der Waals surface area contributed by atoms with Crippen LogP contribution in [0.25, 0.3) is 0 Å². The molecule has 0 fully saturated rings. The molecule has 0 aliphatic rings. The molecule has 0 amide bonds. The summed E-state index contributed by atoms with van der Waals surface area (Å²) in [6.07, 6.45) is 5.02. The molecular weight excluding hydrogens is 314 g/mol. The molecule has 0 bridgehead atoms. The van der Waals surface area contributed by atoms with Crippen LogP contribution >= 0.6 is 15.9 Å². The van der Waals surface area contributed by atoms with E-state index < -0.39 is 0 Å². The number of nitrogens with one attached hydrogen (secondary N) is 1. The summed E-state index contributed by atoms with van der Waals surface area (Å²) in [6.45, 7) is 9.33. The van der Waals surface area contributed by atoms with Crippen molar-refractivity contribution in [2.24, 2.45) is 5.92 Å². The second-order valence-corrected chi connectivity index (χ2v) is 6.13. The molecule has 1 aromatic rings. The minimum absolute atomic E-state index is 0.670. The van der Waals surface area contributed by atoms with Gasteiger partial charge in [0.1, 0.15) is 5.75 Å². The number of hydrogen-bond acceptors (Lipinski definition) is 2. The summed E-state index contributed by atoms with van der Waals surface area (Å²) < 4.78 is 7.03. The highest BCUT2D eigenvalue weighted by atomic mass is 79.9. The van der Waals surface area contributed by atoms with Gasteiger partial charge in [-0.15, -0.1) is 0 Å². The summed E-state index contributed by atoms with van der Waals surface area (Å²) >= 11 is 3.61. The summed E-state index contributed by atoms with van der Waals surface area (Å²) in [6, 6.07) is 6.35. The molecule has 0 aliphatic heterocycles. The maximum absolute atomic E-state index is 5.98. The molecule has 1 atom stereocenters. The first kappa shape index (κ1) is 17.5. The van der Waals surface area contributed by atoms with E-state index in [9.17, 15) is 0 Å². The number of benzene rings is 1. The second kappa shape index (κ2) is 10.2. The fourth-order valence-corrected chi connectivity index (χ4v) is 2.69. The van der Waals surface area contributed by atoms with Crippen molar-refractivity contribution in [1.82, 2.24) is 5.32 Å². The SMILES string of the molecule is CCCCC(CC)COc1ccc(CNCC)cc1Br. The highest BCUT2D eigenvalue weighted by Crippen LogP contribution is 2.27. The number of rotatable bonds is 10. The maximum atomic E-state index is 5.98. The summed E-state index contributed by atoms with van der Waals surface area (Å²) in [5.41, 5.74) is 1.28. The van der Waals surface area contributed by atoms with Crippen LogP contribution in [0.15, 0.2) is 22.7 Å². The molecule has 0 aromatic heterocycles. The monoisotopic (exact) mass is 341 g/mol. The normalized spacial score (nSPS) is 12.4. The van der Waals surface area contributed by atoms with Crippen LogP contribution in [0.1, 0.15) is 52.0 Å². The zero-order valence-corrected chi connectivity index (χ0v) is 14.6. The van der Waals surface area contributed by atoms with Gasteiger partial charge >= 0.3 is 0 Å². The smallest absolute Gasteiger partial charge is 0.133 e. The third kappa shape index (κ3) is 6.27. The van der Waals surface area contributed by atoms with Crippen molar-refractivity contribution < 1.29 is 4.74 Å². The van der Waals surface area contributed by atoms with E-state index in [4.69, 9.17) is 4.74 Å². The topological polar surface area (TPSA) is 21.3 Å². The molecule has 1 rings (SSSR count). The minimum atomic E-state index is 0.670. The van der Waals surface area contributed by atoms with Crippen molar-refractivity contribution >= 4 is 15.9 Å². The lowest BCUT2D eigenvalue weighted by molar-refractivity contribution is 0.232. The minimum Gasteiger partial charge on any atom is -0.492 e. The zero-order valence-electron chi connectivity index (χ0n) is 13.0. The van der Waals surface area contributed by atoms with Crippen molar-refractivity contribution in [2.75, 3.05) is 13.2 Å². The lowest BCUT2D eigenvalue weighted by atomic mass is 10.0. The predicted octanol–water partition coefficient (Wildman–Crippen LogP) is 5.15. The molecule has 0 saturated heterocycles. The molecule has 0 radical (unpaired) electrons. The molecule has 0 aliphatic carbocycles. The molecule has 114 valence electrons. The Morgan fingerprint density at radius 3 is 2.65 bits per heavy atom. The van der Waals surface area contributed by atoms with Crippen LogP contribution in [0.5, 0.6) is 5.75 Å². The molecule has 1 aromatic carbocycles. The van der Waals surface area contributed by atoms with Gasteiger partial charge in [-0.1, -0.05) is 46.1 Å².